The zero-order valence-electron chi connectivity index (χ0n) is 15.8. The highest BCUT2D eigenvalue weighted by Crippen LogP contribution is 2.29. The molecule has 0 aliphatic carbocycles. The molecule has 0 radical (unpaired) electrons. The van der Waals surface area contributed by atoms with E-state index >= 15 is 0 Å². The third kappa shape index (κ3) is 4.28. The number of ether oxygens (including phenoxy) is 2. The number of H-pyrrole nitrogens is 1. The quantitative estimate of drug-likeness (QED) is 0.554. The van der Waals surface area contributed by atoms with Crippen LogP contribution < -0.4 is 20.3 Å². The number of carbonyl (C=O) groups excluding carboxylic acids is 1. The molecule has 2 aromatic heterocycles. The van der Waals surface area contributed by atoms with E-state index in [1.165, 1.54) is 24.9 Å². The number of amides is 1. The Kier molecular flexibility index (Phi) is 6.19. The van der Waals surface area contributed by atoms with Crippen molar-refractivity contribution < 1.29 is 14.3 Å². The second-order valence-electron chi connectivity index (χ2n) is 5.92. The third-order valence-electron chi connectivity index (χ3n) is 3.97. The number of aromatic amines is 1. The van der Waals surface area contributed by atoms with Gasteiger partial charge < -0.3 is 14.8 Å². The highest BCUT2D eigenvalue weighted by atomic mass is 32.2. The molecule has 10 heteroatoms. The SMILES string of the molecule is CCCc1cc(=O)[nH]c2nnc(SCC(=O)Nc3ccc(OC)cc3OC)n12. The Morgan fingerprint density at radius 2 is 2.07 bits per heavy atom. The Morgan fingerprint density at radius 3 is 2.79 bits per heavy atom. The Hall–Kier alpha value is -3.01. The molecule has 3 rings (SSSR count). The first-order chi connectivity index (χ1) is 13.5. The zero-order valence-corrected chi connectivity index (χ0v) is 16.6. The maximum Gasteiger partial charge on any atom is 0.252 e. The monoisotopic (exact) mass is 403 g/mol. The molecular formula is C18H21N5O4S. The maximum atomic E-state index is 12.4. The summed E-state index contributed by atoms with van der Waals surface area (Å²) in [4.78, 5) is 26.8. The van der Waals surface area contributed by atoms with Crippen LogP contribution in [0.3, 0.4) is 0 Å². The smallest absolute Gasteiger partial charge is 0.252 e. The van der Waals surface area contributed by atoms with Crippen molar-refractivity contribution in [3.05, 3.63) is 40.3 Å². The minimum Gasteiger partial charge on any atom is -0.497 e. The van der Waals surface area contributed by atoms with Gasteiger partial charge in [0.05, 0.1) is 25.7 Å². The molecule has 2 N–H and O–H groups in total. The molecule has 0 saturated carbocycles. The van der Waals surface area contributed by atoms with Gasteiger partial charge in [-0.15, -0.1) is 10.2 Å². The van der Waals surface area contributed by atoms with Crippen molar-refractivity contribution in [1.82, 2.24) is 19.6 Å². The summed E-state index contributed by atoms with van der Waals surface area (Å²) in [5, 5.41) is 11.5. The number of thioether (sulfide) groups is 1. The first-order valence-corrected chi connectivity index (χ1v) is 9.66. The second kappa shape index (κ2) is 8.79. The topological polar surface area (TPSA) is 111 Å². The highest BCUT2D eigenvalue weighted by molar-refractivity contribution is 7.99. The van der Waals surface area contributed by atoms with Gasteiger partial charge in [0, 0.05) is 17.8 Å². The van der Waals surface area contributed by atoms with E-state index in [0.29, 0.717) is 34.5 Å². The molecule has 0 aliphatic heterocycles. The van der Waals surface area contributed by atoms with E-state index in [0.717, 1.165) is 12.1 Å². The van der Waals surface area contributed by atoms with Crippen LogP contribution >= 0.6 is 11.8 Å². The molecule has 3 aromatic rings. The summed E-state index contributed by atoms with van der Waals surface area (Å²) in [5.74, 6) is 1.42. The van der Waals surface area contributed by atoms with Crippen molar-refractivity contribution >= 4 is 29.1 Å². The van der Waals surface area contributed by atoms with Crippen LogP contribution in [0, 0.1) is 0 Å². The molecule has 2 heterocycles. The van der Waals surface area contributed by atoms with E-state index in [2.05, 4.69) is 20.5 Å². The number of aromatic nitrogens is 4. The van der Waals surface area contributed by atoms with Crippen LogP contribution in [0.5, 0.6) is 11.5 Å². The fraction of sp³-hybridized carbons (Fsp3) is 0.333. The Morgan fingerprint density at radius 1 is 1.25 bits per heavy atom. The fourth-order valence-electron chi connectivity index (χ4n) is 2.72. The standard InChI is InChI=1S/C18H21N5O4S/c1-4-5-11-8-15(24)20-17-21-22-18(23(11)17)28-10-16(25)19-13-7-6-12(26-2)9-14(13)27-3/h6-9H,4-5,10H2,1-3H3,(H,19,25)(H,20,21,24). The lowest BCUT2D eigenvalue weighted by molar-refractivity contribution is -0.113. The van der Waals surface area contributed by atoms with E-state index < -0.39 is 0 Å². The average Bonchev–Trinajstić information content (AvgIpc) is 3.09. The zero-order chi connectivity index (χ0) is 20.1. The molecule has 0 spiro atoms. The second-order valence-corrected chi connectivity index (χ2v) is 6.86. The minimum absolute atomic E-state index is 0.126. The lowest BCUT2D eigenvalue weighted by atomic mass is 10.2. The molecule has 0 bridgehead atoms. The normalized spacial score (nSPS) is 10.8. The van der Waals surface area contributed by atoms with Gasteiger partial charge in [-0.1, -0.05) is 25.1 Å². The van der Waals surface area contributed by atoms with Crippen LogP contribution in [-0.4, -0.2) is 45.5 Å². The van der Waals surface area contributed by atoms with Crippen LogP contribution in [-0.2, 0) is 11.2 Å². The van der Waals surface area contributed by atoms with Gasteiger partial charge in [0.25, 0.3) is 5.56 Å². The van der Waals surface area contributed by atoms with E-state index in [1.807, 2.05) is 6.92 Å². The molecule has 0 fully saturated rings. The van der Waals surface area contributed by atoms with Crippen molar-refractivity contribution in [3.63, 3.8) is 0 Å². The van der Waals surface area contributed by atoms with Gasteiger partial charge in [0.15, 0.2) is 5.16 Å². The number of methoxy groups -OCH3 is 2. The van der Waals surface area contributed by atoms with Crippen molar-refractivity contribution in [2.24, 2.45) is 0 Å². The Balaban J connectivity index is 1.74. The molecule has 1 amide bonds. The largest absolute Gasteiger partial charge is 0.497 e. The van der Waals surface area contributed by atoms with Gasteiger partial charge in [-0.05, 0) is 18.6 Å². The number of anilines is 1. The van der Waals surface area contributed by atoms with E-state index in [1.54, 1.807) is 29.7 Å². The maximum absolute atomic E-state index is 12.4. The summed E-state index contributed by atoms with van der Waals surface area (Å²) in [6.45, 7) is 2.03. The third-order valence-corrected chi connectivity index (χ3v) is 4.90. The number of benzene rings is 1. The Bertz CT molecular complexity index is 1050. The lowest BCUT2D eigenvalue weighted by Gasteiger charge is -2.11. The number of rotatable bonds is 8. The number of carbonyl (C=O) groups is 1. The molecule has 0 aliphatic rings. The fourth-order valence-corrected chi connectivity index (χ4v) is 3.49. The molecular weight excluding hydrogens is 382 g/mol. The van der Waals surface area contributed by atoms with Gasteiger partial charge in [-0.2, -0.15) is 0 Å². The molecule has 28 heavy (non-hydrogen) atoms. The number of nitrogens with zero attached hydrogens (tertiary/aromatic N) is 3. The van der Waals surface area contributed by atoms with Gasteiger partial charge in [-0.3, -0.25) is 19.0 Å². The summed E-state index contributed by atoms with van der Waals surface area (Å²) in [6, 6.07) is 6.69. The van der Waals surface area contributed by atoms with Crippen LogP contribution in [0.4, 0.5) is 5.69 Å². The molecule has 0 unspecified atom stereocenters. The summed E-state index contributed by atoms with van der Waals surface area (Å²) >= 11 is 1.24. The number of hydrogen-bond acceptors (Lipinski definition) is 7. The highest BCUT2D eigenvalue weighted by Gasteiger charge is 2.14. The van der Waals surface area contributed by atoms with E-state index in [4.69, 9.17) is 9.47 Å². The van der Waals surface area contributed by atoms with Crippen LogP contribution in [0.1, 0.15) is 19.0 Å². The number of nitrogens with one attached hydrogen (secondary N) is 2. The summed E-state index contributed by atoms with van der Waals surface area (Å²) < 4.78 is 12.2. The molecule has 0 atom stereocenters. The van der Waals surface area contributed by atoms with Gasteiger partial charge >= 0.3 is 0 Å². The van der Waals surface area contributed by atoms with Gasteiger partial charge in [-0.25, -0.2) is 0 Å². The predicted molar refractivity (Wildman–Crippen MR) is 107 cm³/mol. The minimum atomic E-state index is -0.218. The number of fused-ring (bicyclic) bond motifs is 1. The van der Waals surface area contributed by atoms with Crippen molar-refractivity contribution in [2.45, 2.75) is 24.9 Å². The predicted octanol–water partition coefficient (Wildman–Crippen LogP) is 2.12. The van der Waals surface area contributed by atoms with Gasteiger partial charge in [0.2, 0.25) is 11.7 Å². The summed E-state index contributed by atoms with van der Waals surface area (Å²) in [6.07, 6.45) is 1.58. The number of hydrogen-bond donors (Lipinski definition) is 2. The molecule has 0 saturated heterocycles. The lowest BCUT2D eigenvalue weighted by Crippen LogP contribution is -2.15. The van der Waals surface area contributed by atoms with E-state index in [-0.39, 0.29) is 17.2 Å². The van der Waals surface area contributed by atoms with Crippen molar-refractivity contribution in [1.29, 1.82) is 0 Å². The van der Waals surface area contributed by atoms with Crippen molar-refractivity contribution in [3.8, 4) is 11.5 Å². The average molecular weight is 403 g/mol. The molecule has 148 valence electrons. The first-order valence-electron chi connectivity index (χ1n) is 8.67. The molecule has 9 nitrogen and oxygen atoms in total. The summed E-state index contributed by atoms with van der Waals surface area (Å²) in [7, 11) is 3.09. The van der Waals surface area contributed by atoms with Crippen LogP contribution in [0.15, 0.2) is 34.2 Å². The first kappa shape index (κ1) is 19.7. The van der Waals surface area contributed by atoms with Gasteiger partial charge in [0.1, 0.15) is 11.5 Å². The van der Waals surface area contributed by atoms with Crippen LogP contribution in [0.2, 0.25) is 0 Å². The number of aryl methyl sites for hydroxylation is 1. The van der Waals surface area contributed by atoms with Crippen molar-refractivity contribution in [2.75, 3.05) is 25.3 Å². The summed E-state index contributed by atoms with van der Waals surface area (Å²) in [5.41, 5.74) is 1.14. The van der Waals surface area contributed by atoms with Crippen LogP contribution in [0.25, 0.3) is 5.78 Å². The Labute approximate surface area is 165 Å². The van der Waals surface area contributed by atoms with E-state index in [9.17, 15) is 9.59 Å². The molecule has 1 aromatic carbocycles.